The molecular formula is C8H12N2O2. The van der Waals surface area contributed by atoms with Gasteiger partial charge in [0.15, 0.2) is 0 Å². The van der Waals surface area contributed by atoms with Crippen molar-refractivity contribution in [1.29, 1.82) is 0 Å². The summed E-state index contributed by atoms with van der Waals surface area (Å²) in [6, 6.07) is 0.0337. The van der Waals surface area contributed by atoms with E-state index in [0.29, 0.717) is 0 Å². The van der Waals surface area contributed by atoms with Crippen LogP contribution in [0.4, 0.5) is 0 Å². The van der Waals surface area contributed by atoms with Gasteiger partial charge in [-0.05, 0) is 13.8 Å². The number of hydrogen-bond donors (Lipinski definition) is 0. The van der Waals surface area contributed by atoms with Crippen LogP contribution < -0.4 is 11.1 Å². The van der Waals surface area contributed by atoms with E-state index in [-0.39, 0.29) is 6.04 Å². The van der Waals surface area contributed by atoms with Gasteiger partial charge in [-0.3, -0.25) is 9.59 Å². The molecule has 0 atom stereocenters. The average molecular weight is 168 g/mol. The van der Waals surface area contributed by atoms with Gasteiger partial charge in [-0.1, -0.05) is 0 Å². The van der Waals surface area contributed by atoms with Crippen molar-refractivity contribution in [3.05, 3.63) is 33.1 Å². The molecule has 0 unspecified atom stereocenters. The summed E-state index contributed by atoms with van der Waals surface area (Å²) in [5, 5.41) is 0. The Balaban J connectivity index is 3.48. The standard InChI is InChI=1S/C8H12N2O2/c1-6(2)10-5-4-9(3)7(11)8(10)12/h4-6H,1-3H3. The normalized spacial score (nSPS) is 10.7. The molecule has 0 fully saturated rings. The highest BCUT2D eigenvalue weighted by molar-refractivity contribution is 4.86. The maximum absolute atomic E-state index is 11.3. The summed E-state index contributed by atoms with van der Waals surface area (Å²) in [4.78, 5) is 22.4. The second-order valence-electron chi connectivity index (χ2n) is 3.02. The topological polar surface area (TPSA) is 44.0 Å². The van der Waals surface area contributed by atoms with Crippen molar-refractivity contribution in [2.45, 2.75) is 19.9 Å². The molecule has 0 aliphatic carbocycles. The highest BCUT2D eigenvalue weighted by atomic mass is 16.2. The van der Waals surface area contributed by atoms with Gasteiger partial charge in [0, 0.05) is 25.5 Å². The predicted molar refractivity (Wildman–Crippen MR) is 46.3 cm³/mol. The van der Waals surface area contributed by atoms with E-state index < -0.39 is 11.1 Å². The average Bonchev–Trinajstić information content (AvgIpc) is 2.00. The molecule has 0 spiro atoms. The molecule has 66 valence electrons. The second-order valence-corrected chi connectivity index (χ2v) is 3.02. The fraction of sp³-hybridized carbons (Fsp3) is 0.500. The van der Waals surface area contributed by atoms with E-state index in [1.807, 2.05) is 13.8 Å². The van der Waals surface area contributed by atoms with Crippen molar-refractivity contribution < 1.29 is 0 Å². The first-order chi connectivity index (χ1) is 5.54. The Labute approximate surface area is 70.1 Å². The van der Waals surface area contributed by atoms with Gasteiger partial charge in [0.1, 0.15) is 0 Å². The molecule has 0 saturated heterocycles. The third-order valence-electron chi connectivity index (χ3n) is 1.75. The van der Waals surface area contributed by atoms with Crippen molar-refractivity contribution in [2.24, 2.45) is 7.05 Å². The highest BCUT2D eigenvalue weighted by Crippen LogP contribution is 1.95. The van der Waals surface area contributed by atoms with E-state index in [1.165, 1.54) is 9.13 Å². The van der Waals surface area contributed by atoms with Crippen molar-refractivity contribution in [1.82, 2.24) is 9.13 Å². The molecule has 1 heterocycles. The zero-order valence-corrected chi connectivity index (χ0v) is 7.44. The van der Waals surface area contributed by atoms with Gasteiger partial charge >= 0.3 is 11.1 Å². The van der Waals surface area contributed by atoms with Gasteiger partial charge in [-0.2, -0.15) is 0 Å². The van der Waals surface area contributed by atoms with E-state index in [9.17, 15) is 9.59 Å². The Bertz CT molecular complexity index is 387. The lowest BCUT2D eigenvalue weighted by Crippen LogP contribution is -2.40. The molecule has 12 heavy (non-hydrogen) atoms. The fourth-order valence-corrected chi connectivity index (χ4v) is 0.975. The van der Waals surface area contributed by atoms with Gasteiger partial charge < -0.3 is 9.13 Å². The molecule has 0 bridgehead atoms. The zero-order valence-electron chi connectivity index (χ0n) is 7.44. The SMILES string of the molecule is CC(C)n1ccn(C)c(=O)c1=O. The first-order valence-corrected chi connectivity index (χ1v) is 3.82. The molecular weight excluding hydrogens is 156 g/mol. The molecule has 1 rings (SSSR count). The van der Waals surface area contributed by atoms with Gasteiger partial charge in [-0.25, -0.2) is 0 Å². The minimum absolute atomic E-state index is 0.0337. The summed E-state index contributed by atoms with van der Waals surface area (Å²) in [7, 11) is 1.56. The van der Waals surface area contributed by atoms with E-state index in [1.54, 1.807) is 19.4 Å². The number of rotatable bonds is 1. The van der Waals surface area contributed by atoms with Crippen LogP contribution in [0.15, 0.2) is 22.0 Å². The molecule has 1 aromatic rings. The maximum atomic E-state index is 11.3. The molecule has 0 saturated carbocycles. The lowest BCUT2D eigenvalue weighted by atomic mass is 10.4. The Hall–Kier alpha value is -1.32. The summed E-state index contributed by atoms with van der Waals surface area (Å²) in [5.41, 5.74) is -0.943. The van der Waals surface area contributed by atoms with E-state index in [0.717, 1.165) is 0 Å². The second kappa shape index (κ2) is 2.97. The number of nitrogens with zero attached hydrogens (tertiary/aromatic N) is 2. The lowest BCUT2D eigenvalue weighted by molar-refractivity contribution is 0.558. The van der Waals surface area contributed by atoms with Crippen molar-refractivity contribution in [2.75, 3.05) is 0 Å². The van der Waals surface area contributed by atoms with Gasteiger partial charge in [0.25, 0.3) is 0 Å². The minimum Gasteiger partial charge on any atom is -0.312 e. The largest absolute Gasteiger partial charge is 0.316 e. The lowest BCUT2D eigenvalue weighted by Gasteiger charge is -2.08. The Morgan fingerprint density at radius 2 is 1.75 bits per heavy atom. The number of aryl methyl sites for hydroxylation is 1. The fourth-order valence-electron chi connectivity index (χ4n) is 0.975. The van der Waals surface area contributed by atoms with Crippen LogP contribution in [0.1, 0.15) is 19.9 Å². The summed E-state index contributed by atoms with van der Waals surface area (Å²) < 4.78 is 2.70. The van der Waals surface area contributed by atoms with E-state index >= 15 is 0 Å². The number of aromatic nitrogens is 2. The van der Waals surface area contributed by atoms with E-state index in [4.69, 9.17) is 0 Å². The van der Waals surface area contributed by atoms with Crippen LogP contribution >= 0.6 is 0 Å². The third-order valence-corrected chi connectivity index (χ3v) is 1.75. The highest BCUT2D eigenvalue weighted by Gasteiger charge is 2.03. The summed E-state index contributed by atoms with van der Waals surface area (Å²) in [6.07, 6.45) is 3.21. The molecule has 0 radical (unpaired) electrons. The van der Waals surface area contributed by atoms with Crippen molar-refractivity contribution in [3.8, 4) is 0 Å². The van der Waals surface area contributed by atoms with Crippen LogP contribution in [0.25, 0.3) is 0 Å². The van der Waals surface area contributed by atoms with Gasteiger partial charge in [0.05, 0.1) is 0 Å². The first-order valence-electron chi connectivity index (χ1n) is 3.82. The van der Waals surface area contributed by atoms with Crippen LogP contribution in [0.2, 0.25) is 0 Å². The monoisotopic (exact) mass is 168 g/mol. The molecule has 1 aromatic heterocycles. The molecule has 4 nitrogen and oxygen atoms in total. The van der Waals surface area contributed by atoms with Crippen molar-refractivity contribution >= 4 is 0 Å². The molecule has 4 heteroatoms. The van der Waals surface area contributed by atoms with Gasteiger partial charge in [-0.15, -0.1) is 0 Å². The molecule has 0 N–H and O–H groups in total. The van der Waals surface area contributed by atoms with Crippen LogP contribution in [0.5, 0.6) is 0 Å². The molecule has 0 aliphatic rings. The summed E-state index contributed by atoms with van der Waals surface area (Å²) >= 11 is 0. The Morgan fingerprint density at radius 1 is 1.17 bits per heavy atom. The quantitative estimate of drug-likeness (QED) is 0.559. The Morgan fingerprint density at radius 3 is 2.25 bits per heavy atom. The number of hydrogen-bond acceptors (Lipinski definition) is 2. The van der Waals surface area contributed by atoms with E-state index in [2.05, 4.69) is 0 Å². The molecule has 0 aromatic carbocycles. The molecule has 0 amide bonds. The predicted octanol–water partition coefficient (Wildman–Crippen LogP) is 0.128. The first kappa shape index (κ1) is 8.77. The Kier molecular flexibility index (Phi) is 2.17. The smallest absolute Gasteiger partial charge is 0.312 e. The summed E-state index contributed by atoms with van der Waals surface area (Å²) in [6.45, 7) is 3.72. The van der Waals surface area contributed by atoms with Gasteiger partial charge in [0.2, 0.25) is 0 Å². The molecule has 0 aliphatic heterocycles. The summed E-state index contributed by atoms with van der Waals surface area (Å²) in [5.74, 6) is 0. The van der Waals surface area contributed by atoms with Crippen LogP contribution in [0.3, 0.4) is 0 Å². The maximum Gasteiger partial charge on any atom is 0.316 e. The zero-order chi connectivity index (χ0) is 9.30. The van der Waals surface area contributed by atoms with Crippen LogP contribution in [-0.2, 0) is 7.05 Å². The third kappa shape index (κ3) is 1.32. The van der Waals surface area contributed by atoms with Crippen molar-refractivity contribution in [3.63, 3.8) is 0 Å². The van der Waals surface area contributed by atoms with Crippen LogP contribution in [0, 0.1) is 0 Å². The van der Waals surface area contributed by atoms with Crippen LogP contribution in [-0.4, -0.2) is 9.13 Å². The minimum atomic E-state index is -0.480.